The van der Waals surface area contributed by atoms with Crippen LogP contribution < -0.4 is 4.74 Å². The Morgan fingerprint density at radius 2 is 2.29 bits per heavy atom. The summed E-state index contributed by atoms with van der Waals surface area (Å²) in [7, 11) is 1.64. The molecule has 0 atom stereocenters. The Kier molecular flexibility index (Phi) is 3.77. The van der Waals surface area contributed by atoms with Gasteiger partial charge >= 0.3 is 0 Å². The van der Waals surface area contributed by atoms with Crippen LogP contribution in [0.15, 0.2) is 34.9 Å². The highest BCUT2D eigenvalue weighted by Gasteiger charge is 2.05. The third-order valence-electron chi connectivity index (χ3n) is 2.45. The van der Waals surface area contributed by atoms with Crippen LogP contribution in [-0.4, -0.2) is 23.8 Å². The summed E-state index contributed by atoms with van der Waals surface area (Å²) in [6, 6.07) is 7.79. The zero-order valence-corrected chi connectivity index (χ0v) is 9.72. The Hall–Kier alpha value is -1.81. The molecule has 2 rings (SSSR count). The number of ether oxygens (including phenoxy) is 1. The molecule has 90 valence electrons. The number of benzene rings is 1. The van der Waals surface area contributed by atoms with Gasteiger partial charge in [0.15, 0.2) is 5.89 Å². The smallest absolute Gasteiger partial charge is 0.198 e. The van der Waals surface area contributed by atoms with E-state index in [1.807, 2.05) is 24.3 Å². The lowest BCUT2D eigenvalue weighted by Crippen LogP contribution is -1.90. The summed E-state index contributed by atoms with van der Waals surface area (Å²) >= 11 is 0. The maximum Gasteiger partial charge on any atom is 0.198 e. The van der Waals surface area contributed by atoms with E-state index in [9.17, 15) is 0 Å². The molecule has 17 heavy (non-hydrogen) atoms. The highest BCUT2D eigenvalue weighted by Crippen LogP contribution is 2.16. The molecule has 0 amide bonds. The fourth-order valence-electron chi connectivity index (χ4n) is 1.61. The number of aromatic nitrogens is 1. The van der Waals surface area contributed by atoms with E-state index in [1.54, 1.807) is 13.3 Å². The van der Waals surface area contributed by atoms with Crippen LogP contribution in [0.25, 0.3) is 0 Å². The van der Waals surface area contributed by atoms with Gasteiger partial charge < -0.3 is 14.3 Å². The number of oxazole rings is 1. The van der Waals surface area contributed by atoms with E-state index in [-0.39, 0.29) is 6.61 Å². The Bertz CT molecular complexity index is 479. The van der Waals surface area contributed by atoms with Gasteiger partial charge in [-0.1, -0.05) is 12.1 Å². The normalized spacial score (nSPS) is 10.5. The van der Waals surface area contributed by atoms with Crippen molar-refractivity contribution in [3.63, 3.8) is 0 Å². The predicted molar refractivity (Wildman–Crippen MR) is 63.1 cm³/mol. The number of aliphatic hydroxyl groups is 1. The Labute approximate surface area is 99.9 Å². The van der Waals surface area contributed by atoms with Gasteiger partial charge in [0.2, 0.25) is 0 Å². The molecule has 4 heteroatoms. The quantitative estimate of drug-likeness (QED) is 0.855. The molecule has 2 aromatic rings. The third kappa shape index (κ3) is 3.07. The van der Waals surface area contributed by atoms with Crippen LogP contribution >= 0.6 is 0 Å². The molecule has 1 aromatic heterocycles. The molecule has 1 heterocycles. The van der Waals surface area contributed by atoms with E-state index in [0.717, 1.165) is 11.3 Å². The fraction of sp³-hybridized carbons (Fsp3) is 0.308. The van der Waals surface area contributed by atoms with Crippen molar-refractivity contribution in [2.75, 3.05) is 13.7 Å². The zero-order valence-electron chi connectivity index (χ0n) is 9.72. The topological polar surface area (TPSA) is 55.5 Å². The second-order valence-corrected chi connectivity index (χ2v) is 3.72. The summed E-state index contributed by atoms with van der Waals surface area (Å²) in [5.41, 5.74) is 1.08. The van der Waals surface area contributed by atoms with E-state index < -0.39 is 0 Å². The van der Waals surface area contributed by atoms with Crippen molar-refractivity contribution in [2.24, 2.45) is 0 Å². The molecule has 0 fully saturated rings. The van der Waals surface area contributed by atoms with Gasteiger partial charge in [-0.15, -0.1) is 0 Å². The molecule has 1 aromatic carbocycles. The summed E-state index contributed by atoms with van der Waals surface area (Å²) in [5, 5.41) is 8.78. The van der Waals surface area contributed by atoms with Crippen LogP contribution in [-0.2, 0) is 12.8 Å². The van der Waals surface area contributed by atoms with Crippen molar-refractivity contribution in [3.8, 4) is 5.75 Å². The summed E-state index contributed by atoms with van der Waals surface area (Å²) in [5.74, 6) is 2.19. The molecule has 0 unspecified atom stereocenters. The molecule has 0 aliphatic heterocycles. The maximum atomic E-state index is 8.78. The van der Waals surface area contributed by atoms with Crippen molar-refractivity contribution in [3.05, 3.63) is 47.7 Å². The molecule has 1 N–H and O–H groups in total. The second kappa shape index (κ2) is 5.50. The fourth-order valence-corrected chi connectivity index (χ4v) is 1.61. The standard InChI is InChI=1S/C13H15NO3/c1-16-11-4-2-3-10(7-11)8-13-14-9-12(17-13)5-6-15/h2-4,7,9,15H,5-6,8H2,1H3. The van der Waals surface area contributed by atoms with Crippen molar-refractivity contribution >= 4 is 0 Å². The van der Waals surface area contributed by atoms with E-state index in [0.29, 0.717) is 24.5 Å². The summed E-state index contributed by atoms with van der Waals surface area (Å²) < 4.78 is 10.6. The minimum absolute atomic E-state index is 0.0772. The second-order valence-electron chi connectivity index (χ2n) is 3.72. The molecule has 0 bridgehead atoms. The molecule has 0 aliphatic rings. The van der Waals surface area contributed by atoms with Gasteiger partial charge in [0.05, 0.1) is 19.9 Å². The maximum absolute atomic E-state index is 8.78. The van der Waals surface area contributed by atoms with Gasteiger partial charge in [0, 0.05) is 12.8 Å². The molecule has 0 spiro atoms. The Morgan fingerprint density at radius 3 is 3.06 bits per heavy atom. The first-order valence-corrected chi connectivity index (χ1v) is 5.49. The number of methoxy groups -OCH3 is 1. The lowest BCUT2D eigenvalue weighted by atomic mass is 10.1. The molecule has 0 saturated carbocycles. The van der Waals surface area contributed by atoms with Crippen molar-refractivity contribution in [2.45, 2.75) is 12.8 Å². The lowest BCUT2D eigenvalue weighted by Gasteiger charge is -2.02. The lowest BCUT2D eigenvalue weighted by molar-refractivity contribution is 0.286. The number of aliphatic hydroxyl groups excluding tert-OH is 1. The average Bonchev–Trinajstić information content (AvgIpc) is 2.77. The number of nitrogens with zero attached hydrogens (tertiary/aromatic N) is 1. The van der Waals surface area contributed by atoms with Crippen LogP contribution in [0, 0.1) is 0 Å². The first-order chi connectivity index (χ1) is 8.31. The molecular weight excluding hydrogens is 218 g/mol. The minimum Gasteiger partial charge on any atom is -0.497 e. The first kappa shape index (κ1) is 11.7. The molecule has 0 radical (unpaired) electrons. The summed E-state index contributed by atoms with van der Waals surface area (Å²) in [6.07, 6.45) is 2.79. The van der Waals surface area contributed by atoms with Gasteiger partial charge in [-0.3, -0.25) is 0 Å². The van der Waals surface area contributed by atoms with Crippen LogP contribution in [0.5, 0.6) is 5.75 Å². The van der Waals surface area contributed by atoms with Crippen LogP contribution in [0.2, 0.25) is 0 Å². The van der Waals surface area contributed by atoms with Crippen molar-refractivity contribution in [1.29, 1.82) is 0 Å². The van der Waals surface area contributed by atoms with Crippen LogP contribution in [0.1, 0.15) is 17.2 Å². The minimum atomic E-state index is 0.0772. The van der Waals surface area contributed by atoms with E-state index >= 15 is 0 Å². The molecule has 0 saturated heterocycles. The highest BCUT2D eigenvalue weighted by molar-refractivity contribution is 5.29. The van der Waals surface area contributed by atoms with Crippen LogP contribution in [0.3, 0.4) is 0 Å². The van der Waals surface area contributed by atoms with Gasteiger partial charge in [-0.05, 0) is 17.7 Å². The summed E-state index contributed by atoms with van der Waals surface area (Å²) in [6.45, 7) is 0.0772. The predicted octanol–water partition coefficient (Wildman–Crippen LogP) is 1.81. The van der Waals surface area contributed by atoms with Gasteiger partial charge in [-0.2, -0.15) is 0 Å². The van der Waals surface area contributed by atoms with Gasteiger partial charge in [0.1, 0.15) is 11.5 Å². The molecule has 4 nitrogen and oxygen atoms in total. The van der Waals surface area contributed by atoms with E-state index in [4.69, 9.17) is 14.3 Å². The largest absolute Gasteiger partial charge is 0.497 e. The monoisotopic (exact) mass is 233 g/mol. The number of hydrogen-bond donors (Lipinski definition) is 1. The van der Waals surface area contributed by atoms with E-state index in [1.165, 1.54) is 0 Å². The van der Waals surface area contributed by atoms with Gasteiger partial charge in [-0.25, -0.2) is 4.98 Å². The average molecular weight is 233 g/mol. The number of rotatable bonds is 5. The van der Waals surface area contributed by atoms with Crippen LogP contribution in [0.4, 0.5) is 0 Å². The first-order valence-electron chi connectivity index (χ1n) is 5.49. The van der Waals surface area contributed by atoms with Crippen molar-refractivity contribution < 1.29 is 14.3 Å². The molecule has 0 aliphatic carbocycles. The summed E-state index contributed by atoms with van der Waals surface area (Å²) in [4.78, 5) is 4.17. The van der Waals surface area contributed by atoms with Gasteiger partial charge in [0.25, 0.3) is 0 Å². The van der Waals surface area contributed by atoms with Crippen molar-refractivity contribution in [1.82, 2.24) is 4.98 Å². The Balaban J connectivity index is 2.08. The highest BCUT2D eigenvalue weighted by atomic mass is 16.5. The SMILES string of the molecule is COc1cccc(Cc2ncc(CCO)o2)c1. The zero-order chi connectivity index (χ0) is 12.1. The molecular formula is C13H15NO3. The van der Waals surface area contributed by atoms with E-state index in [2.05, 4.69) is 4.98 Å². The number of hydrogen-bond acceptors (Lipinski definition) is 4. The third-order valence-corrected chi connectivity index (χ3v) is 2.45. The Morgan fingerprint density at radius 1 is 1.41 bits per heavy atom.